The van der Waals surface area contributed by atoms with Gasteiger partial charge in [0.1, 0.15) is 11.5 Å². The first-order valence-electron chi connectivity index (χ1n) is 12.8. The van der Waals surface area contributed by atoms with E-state index in [1.165, 1.54) is 12.8 Å². The summed E-state index contributed by atoms with van der Waals surface area (Å²) in [5, 5.41) is 15.4. The Labute approximate surface area is 217 Å². The van der Waals surface area contributed by atoms with Crippen LogP contribution in [0.1, 0.15) is 68.8 Å². The van der Waals surface area contributed by atoms with Crippen molar-refractivity contribution >= 4 is 40.1 Å². The highest BCUT2D eigenvalue weighted by Crippen LogP contribution is 2.59. The molecule has 1 saturated heterocycles. The van der Waals surface area contributed by atoms with E-state index in [1.54, 1.807) is 6.92 Å². The van der Waals surface area contributed by atoms with Crippen molar-refractivity contribution in [1.82, 2.24) is 14.7 Å². The fourth-order valence-electron chi connectivity index (χ4n) is 7.60. The molecule has 4 saturated carbocycles. The third-order valence-electron chi connectivity index (χ3n) is 8.98. The highest BCUT2D eigenvalue weighted by atomic mass is 127. The van der Waals surface area contributed by atoms with E-state index in [1.807, 2.05) is 27.6 Å². The van der Waals surface area contributed by atoms with Crippen molar-refractivity contribution in [3.63, 3.8) is 0 Å². The number of aliphatic hydroxyl groups is 1. The Bertz CT molecular complexity index is 879. The molecule has 5 aliphatic rings. The SMILES string of the molecule is CC(=O)N1CCC(CN(C)c2cc(C(=O)CC3C4CC5CC3CC(O)(C5)C4)nn2C)CC1.CI. The van der Waals surface area contributed by atoms with Gasteiger partial charge in [0.05, 0.1) is 5.60 Å². The smallest absolute Gasteiger partial charge is 0.219 e. The molecule has 34 heavy (non-hydrogen) atoms. The van der Waals surface area contributed by atoms with Crippen molar-refractivity contribution in [2.24, 2.45) is 36.6 Å². The van der Waals surface area contributed by atoms with Crippen LogP contribution in [-0.4, -0.2) is 68.7 Å². The van der Waals surface area contributed by atoms with Crippen LogP contribution in [0.3, 0.4) is 0 Å². The van der Waals surface area contributed by atoms with Crippen molar-refractivity contribution in [3.05, 3.63) is 11.8 Å². The highest BCUT2D eigenvalue weighted by Gasteiger charge is 2.54. The second-order valence-electron chi connectivity index (χ2n) is 11.3. The van der Waals surface area contributed by atoms with Crippen LogP contribution in [0.15, 0.2) is 6.07 Å². The summed E-state index contributed by atoms with van der Waals surface area (Å²) >= 11 is 2.15. The molecule has 2 heterocycles. The fraction of sp³-hybridized carbons (Fsp3) is 0.808. The van der Waals surface area contributed by atoms with E-state index < -0.39 is 5.60 Å². The zero-order chi connectivity index (χ0) is 24.6. The van der Waals surface area contributed by atoms with Crippen LogP contribution < -0.4 is 4.90 Å². The quantitative estimate of drug-likeness (QED) is 0.312. The van der Waals surface area contributed by atoms with Gasteiger partial charge >= 0.3 is 0 Å². The topological polar surface area (TPSA) is 78.7 Å². The molecule has 190 valence electrons. The number of piperidine rings is 1. The summed E-state index contributed by atoms with van der Waals surface area (Å²) in [5.74, 6) is 3.92. The number of carbonyl (C=O) groups excluding carboxylic acids is 2. The van der Waals surface area contributed by atoms with Gasteiger partial charge in [0.15, 0.2) is 5.78 Å². The number of likely N-dealkylation sites (tertiary alicyclic amines) is 1. The van der Waals surface area contributed by atoms with Gasteiger partial charge in [0.2, 0.25) is 5.91 Å². The van der Waals surface area contributed by atoms with Gasteiger partial charge in [0.25, 0.3) is 0 Å². The van der Waals surface area contributed by atoms with Gasteiger partial charge in [0, 0.05) is 53.1 Å². The zero-order valence-electron chi connectivity index (χ0n) is 21.2. The normalized spacial score (nSPS) is 32.4. The Hall–Kier alpha value is -1.16. The average molecular weight is 585 g/mol. The van der Waals surface area contributed by atoms with Crippen LogP contribution in [0.4, 0.5) is 5.82 Å². The monoisotopic (exact) mass is 584 g/mol. The number of hydrogen-bond acceptors (Lipinski definition) is 5. The lowest BCUT2D eigenvalue weighted by Gasteiger charge is -2.58. The molecule has 0 spiro atoms. The van der Waals surface area contributed by atoms with Gasteiger partial charge in [-0.05, 0) is 79.5 Å². The van der Waals surface area contributed by atoms with Gasteiger partial charge < -0.3 is 14.9 Å². The number of carbonyl (C=O) groups is 2. The van der Waals surface area contributed by atoms with Crippen LogP contribution in [0.25, 0.3) is 0 Å². The maximum atomic E-state index is 13.2. The lowest BCUT2D eigenvalue weighted by molar-refractivity contribution is -0.151. The van der Waals surface area contributed by atoms with Crippen molar-refractivity contribution in [2.45, 2.75) is 63.9 Å². The number of aryl methyl sites for hydroxylation is 1. The predicted octanol–water partition coefficient (Wildman–Crippen LogP) is 3.93. The molecule has 4 aliphatic carbocycles. The summed E-state index contributed by atoms with van der Waals surface area (Å²) in [6.45, 7) is 4.22. The van der Waals surface area contributed by atoms with Crippen molar-refractivity contribution < 1.29 is 14.7 Å². The molecule has 1 aromatic rings. The van der Waals surface area contributed by atoms with Gasteiger partial charge in [-0.1, -0.05) is 22.6 Å². The Morgan fingerprint density at radius 1 is 1.18 bits per heavy atom. The number of hydrogen-bond donors (Lipinski definition) is 1. The Morgan fingerprint density at radius 2 is 1.79 bits per heavy atom. The fourth-order valence-corrected chi connectivity index (χ4v) is 7.60. The number of aromatic nitrogens is 2. The number of anilines is 1. The molecule has 8 heteroatoms. The Balaban J connectivity index is 0.00000133. The highest BCUT2D eigenvalue weighted by molar-refractivity contribution is 14.1. The molecule has 1 aromatic heterocycles. The molecule has 0 aromatic carbocycles. The number of halogens is 1. The lowest BCUT2D eigenvalue weighted by Crippen LogP contribution is -2.54. The predicted molar refractivity (Wildman–Crippen MR) is 142 cm³/mol. The molecular formula is C26H41IN4O3. The molecule has 0 radical (unpaired) electrons. The maximum absolute atomic E-state index is 13.2. The largest absolute Gasteiger partial charge is 0.390 e. The first kappa shape index (κ1) is 25.9. The van der Waals surface area contributed by atoms with E-state index in [0.717, 1.165) is 57.6 Å². The second kappa shape index (κ2) is 10.4. The van der Waals surface area contributed by atoms with Crippen LogP contribution in [0.5, 0.6) is 0 Å². The van der Waals surface area contributed by atoms with Gasteiger partial charge in [-0.3, -0.25) is 14.3 Å². The number of Topliss-reactive ketones (excluding diaryl/α,β-unsaturated/α-hetero) is 1. The number of rotatable bonds is 6. The van der Waals surface area contributed by atoms with Crippen LogP contribution in [-0.2, 0) is 11.8 Å². The van der Waals surface area contributed by atoms with Gasteiger partial charge in [-0.2, -0.15) is 5.10 Å². The summed E-state index contributed by atoms with van der Waals surface area (Å²) in [5.41, 5.74) is 0.130. The molecule has 1 N–H and O–H groups in total. The standard InChI is InChI=1S/C25H38N4O3.CH3I/c1-16(30)29-6-4-17(5-7-29)15-27(2)24-11-22(26-28(24)3)23(31)10-21-19-8-18-9-20(21)14-25(32,12-18)13-19;1-2/h11,17-21,32H,4-10,12-15H2,1-3H3;1H3. The van der Waals surface area contributed by atoms with Gasteiger partial charge in [-0.25, -0.2) is 0 Å². The van der Waals surface area contributed by atoms with E-state index >= 15 is 0 Å². The Kier molecular flexibility index (Phi) is 7.96. The average Bonchev–Trinajstić information content (AvgIpc) is 3.18. The zero-order valence-corrected chi connectivity index (χ0v) is 23.3. The molecule has 6 rings (SSSR count). The van der Waals surface area contributed by atoms with Crippen LogP contribution in [0.2, 0.25) is 0 Å². The van der Waals surface area contributed by atoms with E-state index in [2.05, 4.69) is 39.6 Å². The van der Waals surface area contributed by atoms with Crippen LogP contribution >= 0.6 is 22.6 Å². The minimum Gasteiger partial charge on any atom is -0.390 e. The molecule has 7 nitrogen and oxygen atoms in total. The third-order valence-corrected chi connectivity index (χ3v) is 8.98. The number of alkyl halides is 1. The molecule has 1 aliphatic heterocycles. The van der Waals surface area contributed by atoms with Crippen molar-refractivity contribution in [3.8, 4) is 0 Å². The van der Waals surface area contributed by atoms with Crippen LogP contribution in [0, 0.1) is 29.6 Å². The van der Waals surface area contributed by atoms with Crippen molar-refractivity contribution in [2.75, 3.05) is 36.5 Å². The van der Waals surface area contributed by atoms with E-state index in [9.17, 15) is 14.7 Å². The third kappa shape index (κ3) is 5.32. The lowest BCUT2D eigenvalue weighted by atomic mass is 9.49. The summed E-state index contributed by atoms with van der Waals surface area (Å²) in [7, 11) is 3.99. The Morgan fingerprint density at radius 3 is 2.35 bits per heavy atom. The molecule has 2 unspecified atom stereocenters. The summed E-state index contributed by atoms with van der Waals surface area (Å²) < 4.78 is 1.83. The number of ketones is 1. The second-order valence-corrected chi connectivity index (χ2v) is 11.3. The van der Waals surface area contributed by atoms with E-state index in [-0.39, 0.29) is 11.7 Å². The summed E-state index contributed by atoms with van der Waals surface area (Å²) in [4.78, 5) is 30.9. The first-order chi connectivity index (χ1) is 16.2. The molecule has 4 bridgehead atoms. The molecule has 1 amide bonds. The first-order valence-corrected chi connectivity index (χ1v) is 15.0. The maximum Gasteiger partial charge on any atom is 0.219 e. The van der Waals surface area contributed by atoms with Gasteiger partial charge in [-0.15, -0.1) is 0 Å². The van der Waals surface area contributed by atoms with Crippen molar-refractivity contribution in [1.29, 1.82) is 0 Å². The van der Waals surface area contributed by atoms with E-state index in [4.69, 9.17) is 0 Å². The number of nitrogens with zero attached hydrogens (tertiary/aromatic N) is 4. The summed E-state index contributed by atoms with van der Waals surface area (Å²) in [6.07, 6.45) is 7.74. The minimum atomic E-state index is -0.447. The molecule has 5 fully saturated rings. The van der Waals surface area contributed by atoms with E-state index in [0.29, 0.717) is 41.7 Å². The minimum absolute atomic E-state index is 0.152. The molecular weight excluding hydrogens is 543 g/mol. The summed E-state index contributed by atoms with van der Waals surface area (Å²) in [6, 6.07) is 1.96. The molecule has 2 atom stereocenters. The number of amides is 1.